The SMILES string of the molecule is C=C(CC)/N=C1/C=C(C(=C)C)C=CC1=N. The summed E-state index contributed by atoms with van der Waals surface area (Å²) in [4.78, 5) is 4.30. The number of hydrogen-bond acceptors (Lipinski definition) is 2. The molecule has 0 aromatic heterocycles. The molecule has 15 heavy (non-hydrogen) atoms. The van der Waals surface area contributed by atoms with Gasteiger partial charge in [-0.1, -0.05) is 31.7 Å². The zero-order valence-corrected chi connectivity index (χ0v) is 9.30. The van der Waals surface area contributed by atoms with Crippen molar-refractivity contribution < 1.29 is 0 Å². The van der Waals surface area contributed by atoms with Gasteiger partial charge in [0.1, 0.15) is 0 Å². The fourth-order valence-electron chi connectivity index (χ4n) is 1.14. The molecule has 1 aliphatic rings. The molecule has 0 aliphatic heterocycles. The van der Waals surface area contributed by atoms with E-state index in [1.54, 1.807) is 6.08 Å². The highest BCUT2D eigenvalue weighted by molar-refractivity contribution is 6.50. The lowest BCUT2D eigenvalue weighted by atomic mass is 9.99. The maximum absolute atomic E-state index is 7.71. The minimum Gasteiger partial charge on any atom is -0.299 e. The summed E-state index contributed by atoms with van der Waals surface area (Å²) in [5.41, 5.74) is 3.89. The number of allylic oxidation sites excluding steroid dienone is 6. The Hall–Kier alpha value is -1.70. The van der Waals surface area contributed by atoms with Gasteiger partial charge in [-0.25, -0.2) is 0 Å². The van der Waals surface area contributed by atoms with Gasteiger partial charge in [-0.2, -0.15) is 0 Å². The second kappa shape index (κ2) is 4.69. The van der Waals surface area contributed by atoms with Crippen molar-refractivity contribution in [1.29, 1.82) is 5.41 Å². The van der Waals surface area contributed by atoms with Crippen LogP contribution in [0, 0.1) is 5.41 Å². The monoisotopic (exact) mass is 200 g/mol. The Morgan fingerprint density at radius 1 is 1.40 bits per heavy atom. The lowest BCUT2D eigenvalue weighted by Gasteiger charge is -2.09. The first-order chi connectivity index (χ1) is 7.04. The van der Waals surface area contributed by atoms with Gasteiger partial charge in [0.15, 0.2) is 0 Å². The van der Waals surface area contributed by atoms with E-state index in [1.165, 1.54) is 0 Å². The Kier molecular flexibility index (Phi) is 3.56. The molecular formula is C13H16N2. The number of nitrogens with one attached hydrogen (secondary N) is 1. The minimum atomic E-state index is 0.426. The minimum absolute atomic E-state index is 0.426. The standard InChI is InChI=1S/C13H16N2/c1-5-10(4)15-13-8-11(9(2)3)6-7-12(13)14/h6-8,14H,2,4-5H2,1,3H3/b14-12?,15-13-. The predicted octanol–water partition coefficient (Wildman–Crippen LogP) is 3.44. The quantitative estimate of drug-likeness (QED) is 0.677. The van der Waals surface area contributed by atoms with Crippen LogP contribution in [0.3, 0.4) is 0 Å². The zero-order chi connectivity index (χ0) is 11.4. The molecule has 0 saturated carbocycles. The summed E-state index contributed by atoms with van der Waals surface area (Å²) in [6.07, 6.45) is 6.31. The summed E-state index contributed by atoms with van der Waals surface area (Å²) < 4.78 is 0. The topological polar surface area (TPSA) is 36.2 Å². The smallest absolute Gasteiger partial charge is 0.0888 e. The molecule has 1 aliphatic carbocycles. The molecule has 0 aromatic carbocycles. The Balaban J connectivity index is 3.04. The summed E-state index contributed by atoms with van der Waals surface area (Å²) in [6.45, 7) is 11.6. The number of rotatable bonds is 3. The van der Waals surface area contributed by atoms with Gasteiger partial charge in [0.2, 0.25) is 0 Å². The third kappa shape index (κ3) is 2.88. The average molecular weight is 200 g/mol. The normalized spacial score (nSPS) is 17.9. The van der Waals surface area contributed by atoms with Crippen LogP contribution in [0.15, 0.2) is 53.2 Å². The lowest BCUT2D eigenvalue weighted by molar-refractivity contribution is 1.08. The molecule has 2 heteroatoms. The molecule has 0 bridgehead atoms. The van der Waals surface area contributed by atoms with Gasteiger partial charge in [0.25, 0.3) is 0 Å². The molecule has 0 spiro atoms. The van der Waals surface area contributed by atoms with Gasteiger partial charge in [0.05, 0.1) is 11.4 Å². The third-order valence-electron chi connectivity index (χ3n) is 2.18. The molecule has 1 rings (SSSR count). The van der Waals surface area contributed by atoms with Crippen molar-refractivity contribution in [3.05, 3.63) is 48.2 Å². The Morgan fingerprint density at radius 2 is 2.07 bits per heavy atom. The van der Waals surface area contributed by atoms with Gasteiger partial charge >= 0.3 is 0 Å². The number of aliphatic imine (C=N–C) groups is 1. The first kappa shape index (κ1) is 11.4. The zero-order valence-electron chi connectivity index (χ0n) is 9.30. The Labute approximate surface area is 90.9 Å². The van der Waals surface area contributed by atoms with Crippen molar-refractivity contribution in [2.24, 2.45) is 4.99 Å². The van der Waals surface area contributed by atoms with Gasteiger partial charge in [-0.15, -0.1) is 0 Å². The fourth-order valence-corrected chi connectivity index (χ4v) is 1.14. The van der Waals surface area contributed by atoms with E-state index in [9.17, 15) is 0 Å². The molecule has 0 heterocycles. The molecule has 0 saturated heterocycles. The van der Waals surface area contributed by atoms with Crippen LogP contribution in [0.5, 0.6) is 0 Å². The molecular weight excluding hydrogens is 184 g/mol. The van der Waals surface area contributed by atoms with E-state index in [4.69, 9.17) is 5.41 Å². The second-order valence-corrected chi connectivity index (χ2v) is 3.54. The molecule has 2 nitrogen and oxygen atoms in total. The first-order valence-electron chi connectivity index (χ1n) is 4.95. The molecule has 0 atom stereocenters. The van der Waals surface area contributed by atoms with Crippen LogP contribution in [-0.4, -0.2) is 11.4 Å². The van der Waals surface area contributed by atoms with E-state index in [1.807, 2.05) is 26.0 Å². The summed E-state index contributed by atoms with van der Waals surface area (Å²) in [6, 6.07) is 0. The van der Waals surface area contributed by atoms with Crippen molar-refractivity contribution in [3.63, 3.8) is 0 Å². The summed E-state index contributed by atoms with van der Waals surface area (Å²) >= 11 is 0. The van der Waals surface area contributed by atoms with Crippen LogP contribution in [0.2, 0.25) is 0 Å². The van der Waals surface area contributed by atoms with E-state index in [-0.39, 0.29) is 0 Å². The van der Waals surface area contributed by atoms with Crippen LogP contribution < -0.4 is 0 Å². The van der Waals surface area contributed by atoms with Crippen LogP contribution in [-0.2, 0) is 0 Å². The van der Waals surface area contributed by atoms with Crippen molar-refractivity contribution in [3.8, 4) is 0 Å². The largest absolute Gasteiger partial charge is 0.299 e. The van der Waals surface area contributed by atoms with Crippen molar-refractivity contribution in [2.75, 3.05) is 0 Å². The average Bonchev–Trinajstić information content (AvgIpc) is 2.20. The molecule has 78 valence electrons. The molecule has 0 unspecified atom stereocenters. The van der Waals surface area contributed by atoms with E-state index < -0.39 is 0 Å². The number of hydrogen-bond donors (Lipinski definition) is 1. The molecule has 0 aromatic rings. The number of nitrogens with zero attached hydrogens (tertiary/aromatic N) is 1. The molecule has 0 fully saturated rings. The van der Waals surface area contributed by atoms with Crippen molar-refractivity contribution in [2.45, 2.75) is 20.3 Å². The van der Waals surface area contributed by atoms with Gasteiger partial charge in [0, 0.05) is 5.70 Å². The molecule has 0 radical (unpaired) electrons. The van der Waals surface area contributed by atoms with Crippen LogP contribution in [0.25, 0.3) is 0 Å². The molecule has 1 N–H and O–H groups in total. The summed E-state index contributed by atoms with van der Waals surface area (Å²) in [7, 11) is 0. The van der Waals surface area contributed by atoms with Gasteiger partial charge < -0.3 is 0 Å². The maximum Gasteiger partial charge on any atom is 0.0888 e. The highest BCUT2D eigenvalue weighted by Crippen LogP contribution is 2.14. The van der Waals surface area contributed by atoms with E-state index in [0.29, 0.717) is 11.4 Å². The Morgan fingerprint density at radius 3 is 2.60 bits per heavy atom. The van der Waals surface area contributed by atoms with E-state index in [0.717, 1.165) is 23.3 Å². The molecule has 0 amide bonds. The highest BCUT2D eigenvalue weighted by atomic mass is 14.8. The first-order valence-corrected chi connectivity index (χ1v) is 4.95. The van der Waals surface area contributed by atoms with E-state index >= 15 is 0 Å². The summed E-state index contributed by atoms with van der Waals surface area (Å²) in [5.74, 6) is 0. The highest BCUT2D eigenvalue weighted by Gasteiger charge is 2.08. The predicted molar refractivity (Wildman–Crippen MR) is 66.6 cm³/mol. The van der Waals surface area contributed by atoms with Crippen LogP contribution in [0.4, 0.5) is 0 Å². The lowest BCUT2D eigenvalue weighted by Crippen LogP contribution is -2.12. The Bertz CT molecular complexity index is 406. The van der Waals surface area contributed by atoms with Crippen molar-refractivity contribution in [1.82, 2.24) is 0 Å². The van der Waals surface area contributed by atoms with Crippen molar-refractivity contribution >= 4 is 11.4 Å². The van der Waals surface area contributed by atoms with Gasteiger partial charge in [-0.05, 0) is 31.1 Å². The van der Waals surface area contributed by atoms with Crippen LogP contribution in [0.1, 0.15) is 20.3 Å². The van der Waals surface area contributed by atoms with E-state index in [2.05, 4.69) is 18.2 Å². The fraction of sp³-hybridized carbons (Fsp3) is 0.231. The maximum atomic E-state index is 7.71. The van der Waals surface area contributed by atoms with Crippen LogP contribution >= 0.6 is 0 Å². The van der Waals surface area contributed by atoms with Gasteiger partial charge in [-0.3, -0.25) is 10.4 Å². The summed E-state index contributed by atoms with van der Waals surface area (Å²) in [5, 5.41) is 7.71. The second-order valence-electron chi connectivity index (χ2n) is 3.54. The third-order valence-corrected chi connectivity index (χ3v) is 2.18.